The topological polar surface area (TPSA) is 61.0 Å². The van der Waals surface area contributed by atoms with Crippen molar-refractivity contribution in [2.24, 2.45) is 0 Å². The van der Waals surface area contributed by atoms with Crippen LogP contribution >= 0.6 is 34.9 Å². The number of nitrogen functional groups attached to an aromatic ring is 1. The van der Waals surface area contributed by atoms with Gasteiger partial charge in [0.25, 0.3) is 0 Å². The molecule has 0 amide bonds. The van der Waals surface area contributed by atoms with Gasteiger partial charge in [-0.25, -0.2) is 0 Å². The Balaban J connectivity index is 2.18. The number of aromatic nitrogens is 2. The van der Waals surface area contributed by atoms with Crippen molar-refractivity contribution >= 4 is 40.5 Å². The van der Waals surface area contributed by atoms with Crippen LogP contribution in [0.15, 0.2) is 31.8 Å². The molecule has 90 valence electrons. The Morgan fingerprint density at radius 1 is 1.29 bits per heavy atom. The van der Waals surface area contributed by atoms with Crippen LogP contribution in [0.3, 0.4) is 0 Å². The fourth-order valence-electron chi connectivity index (χ4n) is 1.16. The molecule has 2 aromatic rings. The van der Waals surface area contributed by atoms with Gasteiger partial charge in [-0.3, -0.25) is 0 Å². The molecular formula is C10H11N3OS3. The minimum atomic E-state index is 0.690. The number of methoxy groups -OCH3 is 1. The Kier molecular flexibility index (Phi) is 4.14. The Morgan fingerprint density at radius 3 is 2.65 bits per heavy atom. The van der Waals surface area contributed by atoms with Crippen molar-refractivity contribution in [3.8, 4) is 5.75 Å². The Hall–Kier alpha value is -0.920. The second kappa shape index (κ2) is 5.61. The molecule has 4 nitrogen and oxygen atoms in total. The van der Waals surface area contributed by atoms with Crippen LogP contribution < -0.4 is 10.5 Å². The van der Waals surface area contributed by atoms with Crippen molar-refractivity contribution in [2.75, 3.05) is 19.1 Å². The summed E-state index contributed by atoms with van der Waals surface area (Å²) in [6.45, 7) is 0. The maximum atomic E-state index is 5.93. The predicted octanol–water partition coefficient (Wildman–Crippen LogP) is 3.00. The first-order chi connectivity index (χ1) is 8.22. The fraction of sp³-hybridized carbons (Fsp3) is 0.200. The first kappa shape index (κ1) is 12.5. The van der Waals surface area contributed by atoms with Crippen LogP contribution in [-0.4, -0.2) is 23.6 Å². The third kappa shape index (κ3) is 3.05. The monoisotopic (exact) mass is 285 g/mol. The highest BCUT2D eigenvalue weighted by Crippen LogP contribution is 2.36. The maximum absolute atomic E-state index is 5.93. The van der Waals surface area contributed by atoms with Gasteiger partial charge in [0.1, 0.15) is 5.75 Å². The summed E-state index contributed by atoms with van der Waals surface area (Å²) < 4.78 is 6.96. The molecule has 1 aromatic heterocycles. The summed E-state index contributed by atoms with van der Waals surface area (Å²) in [6.07, 6.45) is 1.98. The summed E-state index contributed by atoms with van der Waals surface area (Å²) in [7, 11) is 1.62. The Bertz CT molecular complexity index is 515. The van der Waals surface area contributed by atoms with E-state index in [4.69, 9.17) is 10.5 Å². The predicted molar refractivity (Wildman–Crippen MR) is 73.2 cm³/mol. The Morgan fingerprint density at radius 2 is 2.06 bits per heavy atom. The molecule has 0 aliphatic carbocycles. The maximum Gasteiger partial charge on any atom is 0.179 e. The molecule has 0 spiro atoms. The van der Waals surface area contributed by atoms with E-state index in [1.165, 1.54) is 11.8 Å². The normalized spacial score (nSPS) is 10.5. The van der Waals surface area contributed by atoms with E-state index in [0.717, 1.165) is 19.3 Å². The zero-order valence-electron chi connectivity index (χ0n) is 9.34. The highest BCUT2D eigenvalue weighted by molar-refractivity contribution is 8.03. The molecule has 17 heavy (non-hydrogen) atoms. The standard InChI is InChI=1S/C10H11N3OS3/c1-14-6-3-4-8(7(11)5-6)16-10-13-12-9(15-2)17-10/h3-5H,11H2,1-2H3. The van der Waals surface area contributed by atoms with Gasteiger partial charge >= 0.3 is 0 Å². The van der Waals surface area contributed by atoms with Crippen LogP contribution in [-0.2, 0) is 0 Å². The van der Waals surface area contributed by atoms with Gasteiger partial charge in [-0.1, -0.05) is 34.9 Å². The molecule has 2 rings (SSSR count). The molecule has 1 aromatic carbocycles. The number of hydrogen-bond acceptors (Lipinski definition) is 7. The third-order valence-electron chi connectivity index (χ3n) is 1.98. The lowest BCUT2D eigenvalue weighted by molar-refractivity contribution is 0.415. The lowest BCUT2D eigenvalue weighted by Gasteiger charge is -2.05. The van der Waals surface area contributed by atoms with Gasteiger partial charge in [0.05, 0.1) is 7.11 Å². The quantitative estimate of drug-likeness (QED) is 0.688. The average molecular weight is 285 g/mol. The molecule has 1 heterocycles. The summed E-state index contributed by atoms with van der Waals surface area (Å²) in [5.74, 6) is 0.758. The zero-order valence-corrected chi connectivity index (χ0v) is 11.8. The number of rotatable bonds is 4. The number of thioether (sulfide) groups is 1. The zero-order chi connectivity index (χ0) is 12.3. The molecule has 0 unspecified atom stereocenters. The van der Waals surface area contributed by atoms with Crippen LogP contribution in [0, 0.1) is 0 Å². The first-order valence-corrected chi connectivity index (χ1v) is 7.57. The molecule has 0 aliphatic heterocycles. The van der Waals surface area contributed by atoms with Crippen LogP contribution in [0.5, 0.6) is 5.75 Å². The van der Waals surface area contributed by atoms with E-state index in [1.54, 1.807) is 36.3 Å². The van der Waals surface area contributed by atoms with E-state index in [0.29, 0.717) is 5.69 Å². The van der Waals surface area contributed by atoms with Crippen LogP contribution in [0.25, 0.3) is 0 Å². The summed E-state index contributed by atoms with van der Waals surface area (Å²) in [5, 5.41) is 8.13. The van der Waals surface area contributed by atoms with Gasteiger partial charge in [-0.05, 0) is 18.4 Å². The molecule has 0 aliphatic rings. The fourth-order valence-corrected chi connectivity index (χ4v) is 3.58. The van der Waals surface area contributed by atoms with Crippen LogP contribution in [0.1, 0.15) is 0 Å². The van der Waals surface area contributed by atoms with E-state index in [-0.39, 0.29) is 0 Å². The number of benzene rings is 1. The van der Waals surface area contributed by atoms with E-state index >= 15 is 0 Å². The molecule has 7 heteroatoms. The highest BCUT2D eigenvalue weighted by atomic mass is 32.2. The van der Waals surface area contributed by atoms with Gasteiger partial charge < -0.3 is 10.5 Å². The molecule has 0 radical (unpaired) electrons. The first-order valence-electron chi connectivity index (χ1n) is 4.72. The molecular weight excluding hydrogens is 274 g/mol. The summed E-state index contributed by atoms with van der Waals surface area (Å²) in [4.78, 5) is 0.967. The number of hydrogen-bond donors (Lipinski definition) is 1. The van der Waals surface area contributed by atoms with Crippen molar-refractivity contribution in [1.82, 2.24) is 10.2 Å². The molecule has 0 saturated carbocycles. The number of nitrogens with two attached hydrogens (primary N) is 1. The minimum absolute atomic E-state index is 0.690. The average Bonchev–Trinajstić information content (AvgIpc) is 2.79. The van der Waals surface area contributed by atoms with Gasteiger partial charge in [0, 0.05) is 16.6 Å². The summed E-state index contributed by atoms with van der Waals surface area (Å²) in [5.41, 5.74) is 6.62. The minimum Gasteiger partial charge on any atom is -0.497 e. The largest absolute Gasteiger partial charge is 0.497 e. The smallest absolute Gasteiger partial charge is 0.179 e. The van der Waals surface area contributed by atoms with Crippen molar-refractivity contribution < 1.29 is 4.74 Å². The number of anilines is 1. The Labute approximate surface area is 112 Å². The lowest BCUT2D eigenvalue weighted by atomic mass is 10.3. The number of ether oxygens (including phenoxy) is 1. The van der Waals surface area contributed by atoms with Crippen LogP contribution in [0.2, 0.25) is 0 Å². The van der Waals surface area contributed by atoms with Crippen LogP contribution in [0.4, 0.5) is 5.69 Å². The number of nitrogens with zero attached hydrogens (tertiary/aromatic N) is 2. The third-order valence-corrected chi connectivity index (χ3v) is 5.02. The molecule has 0 atom stereocenters. The summed E-state index contributed by atoms with van der Waals surface area (Å²) in [6, 6.07) is 5.62. The van der Waals surface area contributed by atoms with Crippen molar-refractivity contribution in [2.45, 2.75) is 13.6 Å². The lowest BCUT2D eigenvalue weighted by Crippen LogP contribution is -1.90. The molecule has 2 N–H and O–H groups in total. The van der Waals surface area contributed by atoms with E-state index in [1.807, 2.05) is 18.4 Å². The second-order valence-corrected chi connectivity index (χ2v) is 6.36. The molecule has 0 bridgehead atoms. The van der Waals surface area contributed by atoms with E-state index in [9.17, 15) is 0 Å². The highest BCUT2D eigenvalue weighted by Gasteiger charge is 2.08. The summed E-state index contributed by atoms with van der Waals surface area (Å²) >= 11 is 4.67. The van der Waals surface area contributed by atoms with E-state index < -0.39 is 0 Å². The van der Waals surface area contributed by atoms with Crippen molar-refractivity contribution in [3.05, 3.63) is 18.2 Å². The van der Waals surface area contributed by atoms with Gasteiger partial charge in [0.2, 0.25) is 0 Å². The molecule has 0 saturated heterocycles. The van der Waals surface area contributed by atoms with Crippen molar-refractivity contribution in [1.29, 1.82) is 0 Å². The van der Waals surface area contributed by atoms with Gasteiger partial charge in [0.15, 0.2) is 8.68 Å². The van der Waals surface area contributed by atoms with Gasteiger partial charge in [-0.2, -0.15) is 0 Å². The second-order valence-electron chi connectivity index (χ2n) is 3.04. The van der Waals surface area contributed by atoms with E-state index in [2.05, 4.69) is 10.2 Å². The van der Waals surface area contributed by atoms with Gasteiger partial charge in [-0.15, -0.1) is 10.2 Å². The molecule has 0 fully saturated rings. The SMILES string of the molecule is COc1ccc(Sc2nnc(SC)s2)c(N)c1. The van der Waals surface area contributed by atoms with Crippen molar-refractivity contribution in [3.63, 3.8) is 0 Å².